The fraction of sp³-hybridized carbons (Fsp3) is 0.857. The molecular formula is C7H14O3. The summed E-state index contributed by atoms with van der Waals surface area (Å²) in [4.78, 5) is 10.8. The molecule has 1 unspecified atom stereocenters. The maximum atomic E-state index is 10.8. The van der Waals surface area contributed by atoms with Crippen molar-refractivity contribution in [2.24, 2.45) is 5.92 Å². The minimum atomic E-state index is -0.190. The summed E-state index contributed by atoms with van der Waals surface area (Å²) >= 11 is 0. The predicted octanol–water partition coefficient (Wildman–Crippen LogP) is 1.18. The van der Waals surface area contributed by atoms with Crippen molar-refractivity contribution in [2.45, 2.75) is 20.3 Å². The average molecular weight is 146 g/mol. The molecule has 0 amide bonds. The van der Waals surface area contributed by atoms with Gasteiger partial charge in [0.15, 0.2) is 6.79 Å². The molecule has 0 heterocycles. The van der Waals surface area contributed by atoms with Crippen LogP contribution in [0.15, 0.2) is 0 Å². The van der Waals surface area contributed by atoms with Crippen LogP contribution < -0.4 is 0 Å². The van der Waals surface area contributed by atoms with E-state index in [0.29, 0.717) is 0 Å². The number of carbonyl (C=O) groups excluding carboxylic acids is 1. The second-order valence-corrected chi connectivity index (χ2v) is 2.18. The second kappa shape index (κ2) is 5.23. The monoisotopic (exact) mass is 146 g/mol. The van der Waals surface area contributed by atoms with Gasteiger partial charge in [0.2, 0.25) is 0 Å². The van der Waals surface area contributed by atoms with Crippen LogP contribution in [0, 0.1) is 5.92 Å². The van der Waals surface area contributed by atoms with E-state index in [2.05, 4.69) is 9.47 Å². The van der Waals surface area contributed by atoms with Gasteiger partial charge in [-0.05, 0) is 6.42 Å². The highest BCUT2D eigenvalue weighted by molar-refractivity contribution is 5.71. The number of carbonyl (C=O) groups is 1. The van der Waals surface area contributed by atoms with E-state index in [1.54, 1.807) is 0 Å². The maximum Gasteiger partial charge on any atom is 0.310 e. The Bertz CT molecular complexity index is 101. The van der Waals surface area contributed by atoms with E-state index in [4.69, 9.17) is 0 Å². The number of ether oxygens (including phenoxy) is 2. The van der Waals surface area contributed by atoms with E-state index < -0.39 is 0 Å². The first-order valence-electron chi connectivity index (χ1n) is 3.38. The summed E-state index contributed by atoms with van der Waals surface area (Å²) in [6, 6.07) is 0. The molecule has 3 heteroatoms. The molecule has 0 aliphatic rings. The van der Waals surface area contributed by atoms with Crippen LogP contribution in [-0.4, -0.2) is 19.9 Å². The van der Waals surface area contributed by atoms with Gasteiger partial charge in [0.25, 0.3) is 0 Å². The third-order valence-corrected chi connectivity index (χ3v) is 1.33. The molecule has 60 valence electrons. The van der Waals surface area contributed by atoms with E-state index in [9.17, 15) is 4.79 Å². The number of rotatable bonds is 4. The molecule has 0 spiro atoms. The third kappa shape index (κ3) is 3.45. The van der Waals surface area contributed by atoms with Gasteiger partial charge in [-0.3, -0.25) is 4.79 Å². The van der Waals surface area contributed by atoms with Gasteiger partial charge in [-0.25, -0.2) is 0 Å². The molecular weight excluding hydrogens is 132 g/mol. The lowest BCUT2D eigenvalue weighted by atomic mass is 10.1. The van der Waals surface area contributed by atoms with Crippen molar-refractivity contribution in [1.82, 2.24) is 0 Å². The molecule has 0 fully saturated rings. The second-order valence-electron chi connectivity index (χ2n) is 2.18. The van der Waals surface area contributed by atoms with Crippen LogP contribution >= 0.6 is 0 Å². The van der Waals surface area contributed by atoms with Crippen LogP contribution in [0.2, 0.25) is 0 Å². The first-order valence-corrected chi connectivity index (χ1v) is 3.38. The number of hydrogen-bond donors (Lipinski definition) is 0. The average Bonchev–Trinajstić information content (AvgIpc) is 1.98. The van der Waals surface area contributed by atoms with Crippen LogP contribution in [0.25, 0.3) is 0 Å². The zero-order chi connectivity index (χ0) is 7.98. The topological polar surface area (TPSA) is 35.5 Å². The number of esters is 1. The summed E-state index contributed by atoms with van der Waals surface area (Å²) in [7, 11) is 1.49. The molecule has 0 aromatic carbocycles. The summed E-state index contributed by atoms with van der Waals surface area (Å²) in [6.07, 6.45) is 0.808. The van der Waals surface area contributed by atoms with Gasteiger partial charge in [0.1, 0.15) is 0 Å². The molecule has 0 saturated carbocycles. The Hall–Kier alpha value is -0.570. The summed E-state index contributed by atoms with van der Waals surface area (Å²) in [5.41, 5.74) is 0. The lowest BCUT2D eigenvalue weighted by Gasteiger charge is -2.06. The molecule has 0 rings (SSSR count). The van der Waals surface area contributed by atoms with E-state index in [-0.39, 0.29) is 18.7 Å². The van der Waals surface area contributed by atoms with E-state index in [1.165, 1.54) is 7.11 Å². The Labute approximate surface area is 61.3 Å². The molecule has 0 aromatic rings. The van der Waals surface area contributed by atoms with Crippen LogP contribution in [-0.2, 0) is 14.3 Å². The van der Waals surface area contributed by atoms with Crippen molar-refractivity contribution in [3.05, 3.63) is 0 Å². The molecule has 0 aliphatic carbocycles. The molecule has 0 saturated heterocycles. The molecule has 0 bridgehead atoms. The summed E-state index contributed by atoms with van der Waals surface area (Å²) < 4.78 is 9.25. The van der Waals surface area contributed by atoms with Crippen molar-refractivity contribution >= 4 is 5.97 Å². The van der Waals surface area contributed by atoms with Crippen molar-refractivity contribution in [3.63, 3.8) is 0 Å². The molecule has 1 atom stereocenters. The van der Waals surface area contributed by atoms with Crippen LogP contribution in [0.1, 0.15) is 20.3 Å². The van der Waals surface area contributed by atoms with Crippen molar-refractivity contribution in [1.29, 1.82) is 0 Å². The highest BCUT2D eigenvalue weighted by Gasteiger charge is 2.10. The zero-order valence-corrected chi connectivity index (χ0v) is 6.72. The first-order chi connectivity index (χ1) is 4.72. The molecule has 10 heavy (non-hydrogen) atoms. The van der Waals surface area contributed by atoms with Crippen molar-refractivity contribution in [2.75, 3.05) is 13.9 Å². The number of methoxy groups -OCH3 is 1. The van der Waals surface area contributed by atoms with Crippen molar-refractivity contribution < 1.29 is 14.3 Å². The van der Waals surface area contributed by atoms with Crippen LogP contribution in [0.3, 0.4) is 0 Å². The van der Waals surface area contributed by atoms with E-state index in [0.717, 1.165) is 6.42 Å². The molecule has 0 N–H and O–H groups in total. The van der Waals surface area contributed by atoms with Gasteiger partial charge in [-0.2, -0.15) is 0 Å². The first kappa shape index (κ1) is 9.43. The quantitative estimate of drug-likeness (QED) is 0.441. The van der Waals surface area contributed by atoms with Crippen LogP contribution in [0.4, 0.5) is 0 Å². The lowest BCUT2D eigenvalue weighted by molar-refractivity contribution is -0.158. The normalized spacial score (nSPS) is 12.7. The molecule has 3 nitrogen and oxygen atoms in total. The molecule has 0 aliphatic heterocycles. The van der Waals surface area contributed by atoms with Gasteiger partial charge in [0.05, 0.1) is 5.92 Å². The van der Waals surface area contributed by atoms with Gasteiger partial charge in [-0.1, -0.05) is 13.8 Å². The van der Waals surface area contributed by atoms with Gasteiger partial charge in [-0.15, -0.1) is 0 Å². The largest absolute Gasteiger partial charge is 0.438 e. The molecule has 0 aromatic heterocycles. The highest BCUT2D eigenvalue weighted by atomic mass is 16.7. The van der Waals surface area contributed by atoms with Crippen molar-refractivity contribution in [3.8, 4) is 0 Å². The third-order valence-electron chi connectivity index (χ3n) is 1.33. The van der Waals surface area contributed by atoms with E-state index >= 15 is 0 Å². The lowest BCUT2D eigenvalue weighted by Crippen LogP contribution is -2.15. The summed E-state index contributed by atoms with van der Waals surface area (Å²) in [5, 5.41) is 0. The summed E-state index contributed by atoms with van der Waals surface area (Å²) in [6.45, 7) is 3.83. The predicted molar refractivity (Wildman–Crippen MR) is 37.4 cm³/mol. The minimum Gasteiger partial charge on any atom is -0.438 e. The fourth-order valence-corrected chi connectivity index (χ4v) is 0.426. The SMILES string of the molecule is CCC(C)C(=O)OCOC. The number of hydrogen-bond acceptors (Lipinski definition) is 3. The Morgan fingerprint density at radius 1 is 1.60 bits per heavy atom. The zero-order valence-electron chi connectivity index (χ0n) is 6.72. The maximum absolute atomic E-state index is 10.8. The van der Waals surface area contributed by atoms with Gasteiger partial charge >= 0.3 is 5.97 Å². The highest BCUT2D eigenvalue weighted by Crippen LogP contribution is 2.02. The smallest absolute Gasteiger partial charge is 0.310 e. The Morgan fingerprint density at radius 2 is 2.20 bits per heavy atom. The Morgan fingerprint density at radius 3 is 2.60 bits per heavy atom. The van der Waals surface area contributed by atoms with Gasteiger partial charge < -0.3 is 9.47 Å². The fourth-order valence-electron chi connectivity index (χ4n) is 0.426. The Kier molecular flexibility index (Phi) is 4.94. The van der Waals surface area contributed by atoms with Gasteiger partial charge in [0, 0.05) is 7.11 Å². The van der Waals surface area contributed by atoms with Crippen LogP contribution in [0.5, 0.6) is 0 Å². The standard InChI is InChI=1S/C7H14O3/c1-4-6(2)7(8)10-5-9-3/h6H,4-5H2,1-3H3. The summed E-state index contributed by atoms with van der Waals surface area (Å²) in [5.74, 6) is -0.209. The van der Waals surface area contributed by atoms with E-state index in [1.807, 2.05) is 13.8 Å². The molecule has 0 radical (unpaired) electrons. The Balaban J connectivity index is 3.42. The minimum absolute atomic E-state index is 0.0184.